The Bertz CT molecular complexity index is 622. The lowest BCUT2D eigenvalue weighted by atomic mass is 9.98. The zero-order chi connectivity index (χ0) is 15.9. The van der Waals surface area contributed by atoms with Crippen molar-refractivity contribution in [3.63, 3.8) is 0 Å². The van der Waals surface area contributed by atoms with Crippen LogP contribution in [0.2, 0.25) is 0 Å². The first kappa shape index (κ1) is 16.2. The van der Waals surface area contributed by atoms with Crippen LogP contribution in [-0.4, -0.2) is 20.8 Å². The van der Waals surface area contributed by atoms with Crippen molar-refractivity contribution < 1.29 is 19.2 Å². The van der Waals surface area contributed by atoms with E-state index < -0.39 is 0 Å². The molecule has 0 atom stereocenters. The number of benzene rings is 2. The Kier molecular flexibility index (Phi) is 5.67. The van der Waals surface area contributed by atoms with Crippen molar-refractivity contribution >= 4 is 0 Å². The number of hydrogen-bond acceptors (Lipinski definition) is 4. The minimum atomic E-state index is 0.521. The van der Waals surface area contributed by atoms with Crippen LogP contribution in [0.3, 0.4) is 0 Å². The summed E-state index contributed by atoms with van der Waals surface area (Å²) in [6, 6.07) is 11.8. The highest BCUT2D eigenvalue weighted by atomic mass is 17.2. The fourth-order valence-electron chi connectivity index (χ4n) is 2.31. The van der Waals surface area contributed by atoms with Crippen LogP contribution in [0.4, 0.5) is 0 Å². The molecule has 0 N–H and O–H groups in total. The van der Waals surface area contributed by atoms with E-state index in [2.05, 4.69) is 19.9 Å². The summed E-state index contributed by atoms with van der Waals surface area (Å²) in [5, 5.41) is 0. The summed E-state index contributed by atoms with van der Waals surface area (Å²) >= 11 is 0. The van der Waals surface area contributed by atoms with Crippen molar-refractivity contribution in [1.82, 2.24) is 0 Å². The van der Waals surface area contributed by atoms with Crippen LogP contribution in [0.5, 0.6) is 17.2 Å². The standard InChI is InChI=1S/C18H22O4/c1-5-12-21-15-10-11-16(19-3)18(22-20-4)17(15)14-9-7-6-8-13(14)2/h6-11H,5,12H2,1-4H3. The number of rotatable bonds is 7. The van der Waals surface area contributed by atoms with Crippen LogP contribution >= 0.6 is 0 Å². The Morgan fingerprint density at radius 2 is 1.68 bits per heavy atom. The summed E-state index contributed by atoms with van der Waals surface area (Å²) in [5.74, 6) is 1.88. The molecule has 0 bridgehead atoms. The molecule has 0 saturated carbocycles. The first-order valence-corrected chi connectivity index (χ1v) is 7.33. The fourth-order valence-corrected chi connectivity index (χ4v) is 2.31. The third-order valence-corrected chi connectivity index (χ3v) is 3.35. The van der Waals surface area contributed by atoms with Crippen LogP contribution in [0.15, 0.2) is 36.4 Å². The average molecular weight is 302 g/mol. The third kappa shape index (κ3) is 3.34. The summed E-state index contributed by atoms with van der Waals surface area (Å²) in [6.45, 7) is 4.76. The Labute approximate surface area is 131 Å². The maximum atomic E-state index is 5.89. The van der Waals surface area contributed by atoms with Gasteiger partial charge in [-0.05, 0) is 36.6 Å². The van der Waals surface area contributed by atoms with Crippen molar-refractivity contribution in [2.45, 2.75) is 20.3 Å². The van der Waals surface area contributed by atoms with Gasteiger partial charge in [0, 0.05) is 0 Å². The molecule has 4 nitrogen and oxygen atoms in total. The van der Waals surface area contributed by atoms with Crippen LogP contribution in [0, 0.1) is 6.92 Å². The Morgan fingerprint density at radius 1 is 0.955 bits per heavy atom. The van der Waals surface area contributed by atoms with E-state index in [0.717, 1.165) is 28.9 Å². The minimum Gasteiger partial charge on any atom is -0.493 e. The molecule has 0 amide bonds. The quantitative estimate of drug-likeness (QED) is 0.561. The molecule has 0 aliphatic heterocycles. The van der Waals surface area contributed by atoms with Crippen LogP contribution < -0.4 is 14.4 Å². The molecule has 0 aromatic heterocycles. The van der Waals surface area contributed by atoms with Gasteiger partial charge >= 0.3 is 0 Å². The van der Waals surface area contributed by atoms with Gasteiger partial charge in [-0.1, -0.05) is 31.2 Å². The van der Waals surface area contributed by atoms with E-state index in [1.807, 2.05) is 30.3 Å². The van der Waals surface area contributed by atoms with E-state index in [1.54, 1.807) is 7.11 Å². The second-order valence-electron chi connectivity index (χ2n) is 4.88. The maximum Gasteiger partial charge on any atom is 0.218 e. The molecule has 0 radical (unpaired) electrons. The van der Waals surface area contributed by atoms with E-state index in [9.17, 15) is 0 Å². The highest BCUT2D eigenvalue weighted by Crippen LogP contribution is 2.45. The van der Waals surface area contributed by atoms with Gasteiger partial charge in [0.25, 0.3) is 0 Å². The summed E-state index contributed by atoms with van der Waals surface area (Å²) < 4.78 is 11.3. The van der Waals surface area contributed by atoms with Crippen molar-refractivity contribution in [3.05, 3.63) is 42.0 Å². The SMILES string of the molecule is CCCOc1ccc(OC)c(OOC)c1-c1ccccc1C. The molecule has 118 valence electrons. The average Bonchev–Trinajstić information content (AvgIpc) is 2.54. The van der Waals surface area contributed by atoms with Gasteiger partial charge in [-0.15, -0.1) is 0 Å². The molecule has 4 heteroatoms. The van der Waals surface area contributed by atoms with Crippen LogP contribution in [0.1, 0.15) is 18.9 Å². The molecule has 0 spiro atoms. The highest BCUT2D eigenvalue weighted by molar-refractivity contribution is 5.81. The van der Waals surface area contributed by atoms with Crippen LogP contribution in [0.25, 0.3) is 11.1 Å². The molecular weight excluding hydrogens is 280 g/mol. The minimum absolute atomic E-state index is 0.521. The molecule has 2 aromatic carbocycles. The lowest BCUT2D eigenvalue weighted by molar-refractivity contribution is -0.178. The van der Waals surface area contributed by atoms with Gasteiger partial charge in [0.1, 0.15) is 5.75 Å². The molecule has 2 aromatic rings. The van der Waals surface area contributed by atoms with Gasteiger partial charge in [0.2, 0.25) is 5.75 Å². The highest BCUT2D eigenvalue weighted by Gasteiger charge is 2.20. The van der Waals surface area contributed by atoms with Gasteiger partial charge in [-0.25, -0.2) is 0 Å². The predicted molar refractivity (Wildman–Crippen MR) is 86.6 cm³/mol. The zero-order valence-electron chi connectivity index (χ0n) is 13.5. The van der Waals surface area contributed by atoms with Crippen molar-refractivity contribution in [3.8, 4) is 28.4 Å². The summed E-state index contributed by atoms with van der Waals surface area (Å²) in [6.07, 6.45) is 0.930. The summed E-state index contributed by atoms with van der Waals surface area (Å²) in [7, 11) is 3.08. The second kappa shape index (κ2) is 7.71. The number of ether oxygens (including phenoxy) is 2. The molecule has 0 aliphatic carbocycles. The normalized spacial score (nSPS) is 10.4. The molecule has 22 heavy (non-hydrogen) atoms. The molecule has 0 fully saturated rings. The van der Waals surface area contributed by atoms with Crippen molar-refractivity contribution in [1.29, 1.82) is 0 Å². The number of aryl methyl sites for hydroxylation is 1. The number of methoxy groups -OCH3 is 1. The smallest absolute Gasteiger partial charge is 0.218 e. The second-order valence-corrected chi connectivity index (χ2v) is 4.88. The van der Waals surface area contributed by atoms with E-state index in [4.69, 9.17) is 19.2 Å². The largest absolute Gasteiger partial charge is 0.493 e. The van der Waals surface area contributed by atoms with E-state index >= 15 is 0 Å². The van der Waals surface area contributed by atoms with Crippen molar-refractivity contribution in [2.24, 2.45) is 0 Å². The third-order valence-electron chi connectivity index (χ3n) is 3.35. The lowest BCUT2D eigenvalue weighted by Crippen LogP contribution is -2.02. The van der Waals surface area contributed by atoms with Gasteiger partial charge < -0.3 is 14.4 Å². The Morgan fingerprint density at radius 3 is 2.32 bits per heavy atom. The molecule has 0 heterocycles. The van der Waals surface area contributed by atoms with Gasteiger partial charge in [-0.3, -0.25) is 0 Å². The monoisotopic (exact) mass is 302 g/mol. The van der Waals surface area contributed by atoms with E-state index in [-0.39, 0.29) is 0 Å². The first-order valence-electron chi connectivity index (χ1n) is 7.33. The molecule has 0 saturated heterocycles. The van der Waals surface area contributed by atoms with Gasteiger partial charge in [0.05, 0.1) is 26.4 Å². The maximum absolute atomic E-state index is 5.89. The summed E-state index contributed by atoms with van der Waals surface area (Å²) in [5.41, 5.74) is 2.99. The van der Waals surface area contributed by atoms with Gasteiger partial charge in [0.15, 0.2) is 5.75 Å². The predicted octanol–water partition coefficient (Wildman–Crippen LogP) is 4.40. The lowest BCUT2D eigenvalue weighted by Gasteiger charge is -2.18. The molecule has 0 aliphatic rings. The Hall–Kier alpha value is -2.20. The van der Waals surface area contributed by atoms with Gasteiger partial charge in [-0.2, -0.15) is 4.89 Å². The van der Waals surface area contributed by atoms with E-state index in [0.29, 0.717) is 18.1 Å². The zero-order valence-corrected chi connectivity index (χ0v) is 13.5. The fraction of sp³-hybridized carbons (Fsp3) is 0.333. The van der Waals surface area contributed by atoms with E-state index in [1.165, 1.54) is 7.11 Å². The summed E-state index contributed by atoms with van der Waals surface area (Å²) in [4.78, 5) is 10.3. The molecule has 0 unspecified atom stereocenters. The van der Waals surface area contributed by atoms with Crippen LogP contribution in [-0.2, 0) is 4.89 Å². The molecular formula is C18H22O4. The number of hydrogen-bond donors (Lipinski definition) is 0. The molecule has 2 rings (SSSR count). The van der Waals surface area contributed by atoms with Crippen molar-refractivity contribution in [2.75, 3.05) is 20.8 Å². The first-order chi connectivity index (χ1) is 10.7. The Balaban J connectivity index is 2.66. The topological polar surface area (TPSA) is 36.9 Å².